The van der Waals surface area contributed by atoms with Gasteiger partial charge in [-0.05, 0) is 49.1 Å². The van der Waals surface area contributed by atoms with Crippen LogP contribution in [0.5, 0.6) is 5.75 Å². The third-order valence-electron chi connectivity index (χ3n) is 4.58. The summed E-state index contributed by atoms with van der Waals surface area (Å²) in [6.45, 7) is 7.01. The number of hydrogen-bond acceptors (Lipinski definition) is 2. The second-order valence-corrected chi connectivity index (χ2v) is 8.02. The maximum Gasteiger partial charge on any atom is 0.152 e. The van der Waals surface area contributed by atoms with Gasteiger partial charge in [0.1, 0.15) is 0 Å². The second-order valence-electron chi connectivity index (χ2n) is 7.20. The molecule has 21 heavy (non-hydrogen) atoms. The molecule has 0 amide bonds. The van der Waals surface area contributed by atoms with Gasteiger partial charge < -0.3 is 10.4 Å². The van der Waals surface area contributed by atoms with Gasteiger partial charge in [0.15, 0.2) is 5.75 Å². The van der Waals surface area contributed by atoms with E-state index in [1.54, 1.807) is 12.1 Å². The standard InChI is InChI=1S/C17H25Cl2NO/c1-17(2,3)11-5-4-6-12(8-7-11)20-13-9-14(18)16(21)15(19)10-13/h9-12,20-21H,4-8H2,1-3H3. The van der Waals surface area contributed by atoms with E-state index < -0.39 is 0 Å². The van der Waals surface area contributed by atoms with Gasteiger partial charge in [-0.2, -0.15) is 0 Å². The predicted octanol–water partition coefficient (Wildman–Crippen LogP) is 6.11. The lowest BCUT2D eigenvalue weighted by Crippen LogP contribution is -2.21. The minimum Gasteiger partial charge on any atom is -0.505 e. The molecule has 0 radical (unpaired) electrons. The summed E-state index contributed by atoms with van der Waals surface area (Å²) in [6.07, 6.45) is 6.14. The Morgan fingerprint density at radius 3 is 2.24 bits per heavy atom. The highest BCUT2D eigenvalue weighted by Crippen LogP contribution is 2.38. The number of rotatable bonds is 2. The van der Waals surface area contributed by atoms with Crippen LogP contribution in [0.3, 0.4) is 0 Å². The molecular weight excluding hydrogens is 305 g/mol. The van der Waals surface area contributed by atoms with Crippen molar-refractivity contribution in [2.45, 2.75) is 58.9 Å². The normalized spacial score (nSPS) is 23.7. The number of nitrogens with one attached hydrogen (secondary N) is 1. The number of hydrogen-bond donors (Lipinski definition) is 2. The predicted molar refractivity (Wildman–Crippen MR) is 91.6 cm³/mol. The molecule has 1 fully saturated rings. The van der Waals surface area contributed by atoms with Crippen LogP contribution in [-0.2, 0) is 0 Å². The van der Waals surface area contributed by atoms with Crippen LogP contribution < -0.4 is 5.32 Å². The first-order valence-electron chi connectivity index (χ1n) is 7.72. The fraction of sp³-hybridized carbons (Fsp3) is 0.647. The van der Waals surface area contributed by atoms with Crippen molar-refractivity contribution < 1.29 is 5.11 Å². The number of halogens is 2. The molecule has 1 aliphatic carbocycles. The van der Waals surface area contributed by atoms with Crippen molar-refractivity contribution in [2.24, 2.45) is 11.3 Å². The van der Waals surface area contributed by atoms with Gasteiger partial charge >= 0.3 is 0 Å². The summed E-state index contributed by atoms with van der Waals surface area (Å²) in [6, 6.07) is 3.94. The fourth-order valence-electron chi connectivity index (χ4n) is 3.20. The molecule has 0 bridgehead atoms. The molecular formula is C17H25Cl2NO. The molecule has 0 saturated heterocycles. The Morgan fingerprint density at radius 2 is 1.67 bits per heavy atom. The van der Waals surface area contributed by atoms with Gasteiger partial charge in [-0.1, -0.05) is 50.4 Å². The molecule has 0 aromatic heterocycles. The zero-order chi connectivity index (χ0) is 15.6. The van der Waals surface area contributed by atoms with E-state index >= 15 is 0 Å². The summed E-state index contributed by atoms with van der Waals surface area (Å²) < 4.78 is 0. The van der Waals surface area contributed by atoms with E-state index in [2.05, 4.69) is 26.1 Å². The van der Waals surface area contributed by atoms with E-state index in [4.69, 9.17) is 23.2 Å². The summed E-state index contributed by atoms with van der Waals surface area (Å²) in [5.74, 6) is 0.744. The van der Waals surface area contributed by atoms with Gasteiger partial charge in [-0.15, -0.1) is 0 Å². The van der Waals surface area contributed by atoms with Crippen molar-refractivity contribution in [1.82, 2.24) is 0 Å². The molecule has 0 aliphatic heterocycles. The molecule has 2 rings (SSSR count). The first-order valence-corrected chi connectivity index (χ1v) is 8.47. The van der Waals surface area contributed by atoms with E-state index in [0.717, 1.165) is 18.0 Å². The van der Waals surface area contributed by atoms with Crippen molar-refractivity contribution in [3.63, 3.8) is 0 Å². The average molecular weight is 330 g/mol. The van der Waals surface area contributed by atoms with E-state index in [9.17, 15) is 5.11 Å². The topological polar surface area (TPSA) is 32.3 Å². The van der Waals surface area contributed by atoms with Crippen LogP contribution in [0.1, 0.15) is 52.9 Å². The Morgan fingerprint density at radius 1 is 1.05 bits per heavy atom. The smallest absolute Gasteiger partial charge is 0.152 e. The molecule has 1 aromatic carbocycles. The van der Waals surface area contributed by atoms with Crippen LogP contribution in [0.15, 0.2) is 12.1 Å². The summed E-state index contributed by atoms with van der Waals surface area (Å²) >= 11 is 12.0. The Bertz CT molecular complexity index is 473. The lowest BCUT2D eigenvalue weighted by molar-refractivity contribution is 0.214. The molecule has 2 unspecified atom stereocenters. The van der Waals surface area contributed by atoms with Gasteiger partial charge in [-0.25, -0.2) is 0 Å². The first-order chi connectivity index (χ1) is 9.77. The van der Waals surface area contributed by atoms with Crippen LogP contribution >= 0.6 is 23.2 Å². The summed E-state index contributed by atoms with van der Waals surface area (Å²) in [5.41, 5.74) is 1.28. The van der Waals surface area contributed by atoms with Crippen LogP contribution in [-0.4, -0.2) is 11.1 Å². The van der Waals surface area contributed by atoms with Gasteiger partial charge in [0.25, 0.3) is 0 Å². The van der Waals surface area contributed by atoms with Crippen molar-refractivity contribution in [2.75, 3.05) is 5.32 Å². The lowest BCUT2D eigenvalue weighted by Gasteiger charge is -2.29. The van der Waals surface area contributed by atoms with Crippen molar-refractivity contribution in [3.05, 3.63) is 22.2 Å². The molecule has 4 heteroatoms. The van der Waals surface area contributed by atoms with Crippen LogP contribution in [0.4, 0.5) is 5.69 Å². The molecule has 2 N–H and O–H groups in total. The molecule has 118 valence electrons. The number of phenolic OH excluding ortho intramolecular Hbond substituents is 1. The van der Waals surface area contributed by atoms with Crippen molar-refractivity contribution >= 4 is 28.9 Å². The van der Waals surface area contributed by atoms with E-state index in [1.807, 2.05) is 0 Å². The first kappa shape index (κ1) is 16.8. The summed E-state index contributed by atoms with van der Waals surface area (Å²) in [4.78, 5) is 0. The van der Waals surface area contributed by atoms with Crippen molar-refractivity contribution in [1.29, 1.82) is 0 Å². The highest BCUT2D eigenvalue weighted by molar-refractivity contribution is 6.37. The Labute approximate surface area is 137 Å². The SMILES string of the molecule is CC(C)(C)C1CCCC(Nc2cc(Cl)c(O)c(Cl)c2)CC1. The number of phenols is 1. The van der Waals surface area contributed by atoms with Crippen molar-refractivity contribution in [3.8, 4) is 5.75 Å². The molecule has 1 saturated carbocycles. The zero-order valence-corrected chi connectivity index (χ0v) is 14.6. The molecule has 0 spiro atoms. The number of benzene rings is 1. The quantitative estimate of drug-likeness (QED) is 0.507. The molecule has 0 heterocycles. The van der Waals surface area contributed by atoms with Crippen LogP contribution in [0, 0.1) is 11.3 Å². The average Bonchev–Trinajstić information content (AvgIpc) is 2.61. The Balaban J connectivity index is 2.01. The highest BCUT2D eigenvalue weighted by atomic mass is 35.5. The fourth-order valence-corrected chi connectivity index (χ4v) is 3.68. The van der Waals surface area contributed by atoms with E-state index in [1.165, 1.54) is 25.7 Å². The number of aromatic hydroxyl groups is 1. The molecule has 2 atom stereocenters. The van der Waals surface area contributed by atoms with Crippen LogP contribution in [0.2, 0.25) is 10.0 Å². The van der Waals surface area contributed by atoms with Gasteiger partial charge in [-0.3, -0.25) is 0 Å². The highest BCUT2D eigenvalue weighted by Gasteiger charge is 2.27. The molecule has 1 aromatic rings. The molecule has 2 nitrogen and oxygen atoms in total. The maximum atomic E-state index is 9.61. The third-order valence-corrected chi connectivity index (χ3v) is 5.16. The minimum atomic E-state index is -0.0439. The number of anilines is 1. The zero-order valence-electron chi connectivity index (χ0n) is 13.0. The van der Waals surface area contributed by atoms with Gasteiger partial charge in [0.2, 0.25) is 0 Å². The second kappa shape index (κ2) is 6.66. The summed E-state index contributed by atoms with van der Waals surface area (Å²) in [7, 11) is 0. The largest absolute Gasteiger partial charge is 0.505 e. The van der Waals surface area contributed by atoms with E-state index in [-0.39, 0.29) is 5.75 Å². The lowest BCUT2D eigenvalue weighted by atomic mass is 9.76. The Hall–Kier alpha value is -0.600. The third kappa shape index (κ3) is 4.43. The minimum absolute atomic E-state index is 0.0439. The Kier molecular flexibility index (Phi) is 5.32. The maximum absolute atomic E-state index is 9.61. The van der Waals surface area contributed by atoms with Crippen LogP contribution in [0.25, 0.3) is 0 Å². The van der Waals surface area contributed by atoms with E-state index in [0.29, 0.717) is 21.5 Å². The molecule has 1 aliphatic rings. The monoisotopic (exact) mass is 329 g/mol. The summed E-state index contributed by atoms with van der Waals surface area (Å²) in [5, 5.41) is 13.7. The van der Waals surface area contributed by atoms with Gasteiger partial charge in [0, 0.05) is 11.7 Å². The van der Waals surface area contributed by atoms with Gasteiger partial charge in [0.05, 0.1) is 10.0 Å².